The molecule has 8 nitrogen and oxygen atoms in total. The Morgan fingerprint density at radius 1 is 0.605 bits per heavy atom. The van der Waals surface area contributed by atoms with Crippen LogP contribution in [0.2, 0.25) is 0 Å². The summed E-state index contributed by atoms with van der Waals surface area (Å²) in [6.45, 7) is 0.904. The van der Waals surface area contributed by atoms with Gasteiger partial charge in [0, 0.05) is 0 Å². The second-order valence-electron chi connectivity index (χ2n) is 10.2. The summed E-state index contributed by atoms with van der Waals surface area (Å²) in [7, 11) is 0. The van der Waals surface area contributed by atoms with Gasteiger partial charge in [0.2, 0.25) is 0 Å². The van der Waals surface area contributed by atoms with Gasteiger partial charge in [0.25, 0.3) is 0 Å². The van der Waals surface area contributed by atoms with Crippen molar-refractivity contribution in [1.82, 2.24) is 5.32 Å². The minimum Gasteiger partial charge on any atom is -0.455 e. The highest BCUT2D eigenvalue weighted by Gasteiger charge is 2.49. The molecular weight excluding hydrogens is 546 g/mol. The zero-order valence-corrected chi connectivity index (χ0v) is 23.7. The van der Waals surface area contributed by atoms with Crippen LogP contribution >= 0.6 is 0 Å². The van der Waals surface area contributed by atoms with Crippen LogP contribution in [0.3, 0.4) is 0 Å². The average molecular weight is 582 g/mol. The van der Waals surface area contributed by atoms with Gasteiger partial charge in [0.15, 0.2) is 12.1 Å². The lowest BCUT2D eigenvalue weighted by atomic mass is 9.97. The van der Waals surface area contributed by atoms with Crippen LogP contribution in [0.25, 0.3) is 0 Å². The lowest BCUT2D eigenvalue weighted by Gasteiger charge is -2.41. The average Bonchev–Trinajstić information content (AvgIpc) is 3.05. The predicted octanol–water partition coefficient (Wildman–Crippen LogP) is 5.59. The van der Waals surface area contributed by atoms with Crippen LogP contribution in [-0.2, 0) is 54.9 Å². The van der Waals surface area contributed by atoms with Crippen LogP contribution < -0.4 is 5.32 Å². The smallest absolute Gasteiger partial charge is 0.408 e. The van der Waals surface area contributed by atoms with Gasteiger partial charge in [-0.3, -0.25) is 0 Å². The molecule has 4 aromatic carbocycles. The Morgan fingerprint density at radius 3 is 1.56 bits per heavy atom. The predicted molar refractivity (Wildman–Crippen MR) is 160 cm³/mol. The number of hydrogen-bond acceptors (Lipinski definition) is 7. The maximum absolute atomic E-state index is 13.4. The first-order valence-corrected chi connectivity index (χ1v) is 14.3. The van der Waals surface area contributed by atoms with Gasteiger partial charge in [-0.05, 0) is 22.3 Å². The number of rotatable bonds is 13. The molecule has 1 fully saturated rings. The second kappa shape index (κ2) is 15.7. The minimum atomic E-state index is -1.17. The summed E-state index contributed by atoms with van der Waals surface area (Å²) >= 11 is 0. The number of nitrogens with one attached hydrogen (secondary N) is 1. The van der Waals surface area contributed by atoms with Gasteiger partial charge >= 0.3 is 12.1 Å². The highest BCUT2D eigenvalue weighted by atomic mass is 16.6. The molecule has 1 N–H and O–H groups in total. The summed E-state index contributed by atoms with van der Waals surface area (Å²) in [6, 6.07) is 37.1. The Bertz CT molecular complexity index is 1400. The van der Waals surface area contributed by atoms with Gasteiger partial charge in [-0.25, -0.2) is 9.59 Å². The first-order valence-electron chi connectivity index (χ1n) is 14.3. The van der Waals surface area contributed by atoms with Crippen molar-refractivity contribution in [1.29, 1.82) is 0 Å². The molecule has 222 valence electrons. The maximum atomic E-state index is 13.4. The van der Waals surface area contributed by atoms with Crippen molar-refractivity contribution in [2.45, 2.75) is 50.8 Å². The van der Waals surface area contributed by atoms with Crippen molar-refractivity contribution >= 4 is 12.1 Å². The Hall–Kier alpha value is -4.50. The lowest BCUT2D eigenvalue weighted by molar-refractivity contribution is -0.212. The van der Waals surface area contributed by atoms with Crippen LogP contribution in [0.5, 0.6) is 0 Å². The van der Waals surface area contributed by atoms with E-state index in [1.54, 1.807) is 0 Å². The molecule has 1 aliphatic rings. The number of benzene rings is 4. The lowest BCUT2D eigenvalue weighted by Crippen LogP contribution is -2.64. The maximum Gasteiger partial charge on any atom is 0.408 e. The van der Waals surface area contributed by atoms with E-state index < -0.39 is 36.4 Å². The van der Waals surface area contributed by atoms with Gasteiger partial charge < -0.3 is 29.0 Å². The molecular formula is C35H35NO7. The summed E-state index contributed by atoms with van der Waals surface area (Å²) in [5, 5.41) is 2.67. The molecule has 1 amide bonds. The number of hydrogen-bond donors (Lipinski definition) is 1. The van der Waals surface area contributed by atoms with E-state index in [0.717, 1.165) is 22.3 Å². The van der Waals surface area contributed by atoms with Crippen molar-refractivity contribution in [2.24, 2.45) is 0 Å². The van der Waals surface area contributed by atoms with E-state index in [1.807, 2.05) is 121 Å². The molecule has 43 heavy (non-hydrogen) atoms. The Morgan fingerprint density at radius 2 is 1.05 bits per heavy atom. The Labute approximate surface area is 251 Å². The molecule has 4 atom stereocenters. The van der Waals surface area contributed by atoms with Gasteiger partial charge in [-0.1, -0.05) is 121 Å². The second-order valence-corrected chi connectivity index (χ2v) is 10.2. The molecule has 0 saturated carbocycles. The largest absolute Gasteiger partial charge is 0.455 e. The molecule has 0 radical (unpaired) electrons. The molecule has 5 rings (SSSR count). The first-order chi connectivity index (χ1) is 21.2. The zero-order chi connectivity index (χ0) is 29.7. The van der Waals surface area contributed by atoms with E-state index in [1.165, 1.54) is 0 Å². The normalized spacial score (nSPS) is 19.8. The SMILES string of the molecule is O=C(N[C@H]1C(=O)O[C@H](COCc2ccccc2)[C@@H](OCc2ccccc2)[C@@H]1OCc1ccccc1)OCc1ccccc1. The number of esters is 1. The van der Waals surface area contributed by atoms with Crippen molar-refractivity contribution in [2.75, 3.05) is 6.61 Å². The number of carbonyl (C=O) groups excluding carboxylic acids is 2. The summed E-state index contributed by atoms with van der Waals surface area (Å²) in [4.78, 5) is 26.3. The topological polar surface area (TPSA) is 92.3 Å². The minimum absolute atomic E-state index is 0.0495. The molecule has 1 aliphatic heterocycles. The highest BCUT2D eigenvalue weighted by molar-refractivity contribution is 5.83. The van der Waals surface area contributed by atoms with E-state index >= 15 is 0 Å². The number of carbonyl (C=O) groups is 2. The molecule has 0 unspecified atom stereocenters. The van der Waals surface area contributed by atoms with Crippen LogP contribution in [0.15, 0.2) is 121 Å². The monoisotopic (exact) mass is 581 g/mol. The fraction of sp³-hybridized carbons (Fsp3) is 0.257. The van der Waals surface area contributed by atoms with Crippen LogP contribution in [0.4, 0.5) is 4.79 Å². The fourth-order valence-corrected chi connectivity index (χ4v) is 4.78. The summed E-state index contributed by atoms with van der Waals surface area (Å²) in [6.07, 6.45) is -3.18. The quantitative estimate of drug-likeness (QED) is 0.206. The molecule has 4 aromatic rings. The van der Waals surface area contributed by atoms with E-state index in [4.69, 9.17) is 23.7 Å². The number of ether oxygens (including phenoxy) is 5. The zero-order valence-electron chi connectivity index (χ0n) is 23.7. The summed E-state index contributed by atoms with van der Waals surface area (Å²) in [5.74, 6) is -0.650. The van der Waals surface area contributed by atoms with Gasteiger partial charge in [0.1, 0.15) is 18.8 Å². The first kappa shape index (κ1) is 30.0. The molecule has 8 heteroatoms. The third-order valence-electron chi connectivity index (χ3n) is 6.99. The fourth-order valence-electron chi connectivity index (χ4n) is 4.78. The molecule has 1 saturated heterocycles. The van der Waals surface area contributed by atoms with Gasteiger partial charge in [-0.15, -0.1) is 0 Å². The van der Waals surface area contributed by atoms with E-state index in [0.29, 0.717) is 6.61 Å². The third-order valence-corrected chi connectivity index (χ3v) is 6.99. The molecule has 0 bridgehead atoms. The molecule has 0 aliphatic carbocycles. The molecule has 1 heterocycles. The van der Waals surface area contributed by atoms with E-state index in [-0.39, 0.29) is 26.4 Å². The molecule has 0 aromatic heterocycles. The Balaban J connectivity index is 1.34. The van der Waals surface area contributed by atoms with Gasteiger partial charge in [-0.2, -0.15) is 0 Å². The third kappa shape index (κ3) is 8.99. The van der Waals surface area contributed by atoms with Crippen molar-refractivity contribution < 1.29 is 33.3 Å². The van der Waals surface area contributed by atoms with Crippen LogP contribution in [0, 0.1) is 0 Å². The van der Waals surface area contributed by atoms with E-state index in [2.05, 4.69) is 5.32 Å². The van der Waals surface area contributed by atoms with E-state index in [9.17, 15) is 9.59 Å². The molecule has 0 spiro atoms. The summed E-state index contributed by atoms with van der Waals surface area (Å²) in [5.41, 5.74) is 3.66. The van der Waals surface area contributed by atoms with Crippen LogP contribution in [-0.4, -0.2) is 43.0 Å². The standard InChI is InChI=1S/C35H35NO7/c37-34-31(36-35(38)42-24-29-19-11-4-12-20-29)33(41-23-28-17-9-3-10-18-28)32(40-22-27-15-7-2-8-16-27)30(43-34)25-39-21-26-13-5-1-6-14-26/h1-20,30-33H,21-25H2,(H,36,38)/t30-,31-,32-,33-/m1/s1. The number of cyclic esters (lactones) is 1. The van der Waals surface area contributed by atoms with Crippen molar-refractivity contribution in [3.8, 4) is 0 Å². The van der Waals surface area contributed by atoms with Crippen LogP contribution in [0.1, 0.15) is 22.3 Å². The van der Waals surface area contributed by atoms with Gasteiger partial charge in [0.05, 0.1) is 26.4 Å². The number of alkyl carbamates (subject to hydrolysis) is 1. The Kier molecular flexibility index (Phi) is 10.9. The summed E-state index contributed by atoms with van der Waals surface area (Å²) < 4.78 is 30.0. The van der Waals surface area contributed by atoms with Crippen molar-refractivity contribution in [3.05, 3.63) is 144 Å². The number of amides is 1. The van der Waals surface area contributed by atoms with Crippen molar-refractivity contribution in [3.63, 3.8) is 0 Å². The highest BCUT2D eigenvalue weighted by Crippen LogP contribution is 2.26.